The molecular weight excluding hydrogens is 202 g/mol. The lowest BCUT2D eigenvalue weighted by Gasteiger charge is -2.41. The van der Waals surface area contributed by atoms with Crippen LogP contribution in [0.25, 0.3) is 0 Å². The van der Waals surface area contributed by atoms with E-state index in [2.05, 4.69) is 23.5 Å². The molecule has 3 nitrogen and oxygen atoms in total. The molecule has 0 atom stereocenters. The summed E-state index contributed by atoms with van der Waals surface area (Å²) < 4.78 is 11.1. The molecule has 0 aromatic heterocycles. The van der Waals surface area contributed by atoms with E-state index < -0.39 is 0 Å². The molecule has 3 heteroatoms. The van der Waals surface area contributed by atoms with Crippen molar-refractivity contribution in [1.29, 1.82) is 0 Å². The SMILES string of the molecule is COC1(Cc2ccc3c(c2)CCO3)CNC1. The zero-order valence-corrected chi connectivity index (χ0v) is 9.58. The molecule has 1 saturated heterocycles. The number of rotatable bonds is 3. The van der Waals surface area contributed by atoms with Crippen molar-refractivity contribution in [2.24, 2.45) is 0 Å². The number of nitrogens with one attached hydrogen (secondary N) is 1. The summed E-state index contributed by atoms with van der Waals surface area (Å²) >= 11 is 0. The molecule has 0 amide bonds. The summed E-state index contributed by atoms with van der Waals surface area (Å²) in [6.07, 6.45) is 2.03. The Balaban J connectivity index is 1.80. The van der Waals surface area contributed by atoms with E-state index in [-0.39, 0.29) is 5.60 Å². The Hall–Kier alpha value is -1.06. The van der Waals surface area contributed by atoms with Crippen LogP contribution in [0.3, 0.4) is 0 Å². The van der Waals surface area contributed by atoms with Crippen LogP contribution >= 0.6 is 0 Å². The second-order valence-corrected chi connectivity index (χ2v) is 4.71. The first-order chi connectivity index (χ1) is 7.81. The first-order valence-electron chi connectivity index (χ1n) is 5.82. The molecule has 0 aliphatic carbocycles. The van der Waals surface area contributed by atoms with Gasteiger partial charge in [0, 0.05) is 33.0 Å². The van der Waals surface area contributed by atoms with Crippen molar-refractivity contribution in [3.05, 3.63) is 29.3 Å². The number of hydrogen-bond donors (Lipinski definition) is 1. The van der Waals surface area contributed by atoms with E-state index in [1.807, 2.05) is 0 Å². The Labute approximate surface area is 95.8 Å². The van der Waals surface area contributed by atoms with Gasteiger partial charge in [0.1, 0.15) is 5.75 Å². The molecule has 1 aromatic rings. The topological polar surface area (TPSA) is 30.5 Å². The van der Waals surface area contributed by atoms with Gasteiger partial charge in [-0.05, 0) is 17.2 Å². The molecule has 0 bridgehead atoms. The zero-order chi connectivity index (χ0) is 11.0. The van der Waals surface area contributed by atoms with Crippen LogP contribution in [-0.2, 0) is 17.6 Å². The van der Waals surface area contributed by atoms with Crippen LogP contribution in [0.1, 0.15) is 11.1 Å². The third-order valence-corrected chi connectivity index (χ3v) is 3.61. The molecule has 2 heterocycles. The van der Waals surface area contributed by atoms with E-state index in [1.54, 1.807) is 7.11 Å². The first kappa shape index (κ1) is 10.1. The highest BCUT2D eigenvalue weighted by atomic mass is 16.5. The van der Waals surface area contributed by atoms with Crippen LogP contribution in [0, 0.1) is 0 Å². The van der Waals surface area contributed by atoms with Gasteiger partial charge in [-0.1, -0.05) is 12.1 Å². The Bertz CT molecular complexity index is 393. The minimum absolute atomic E-state index is 0.0215. The zero-order valence-electron chi connectivity index (χ0n) is 9.58. The summed E-state index contributed by atoms with van der Waals surface area (Å²) in [6.45, 7) is 2.74. The van der Waals surface area contributed by atoms with Crippen molar-refractivity contribution in [2.75, 3.05) is 26.8 Å². The first-order valence-corrected chi connectivity index (χ1v) is 5.82. The van der Waals surface area contributed by atoms with E-state index in [9.17, 15) is 0 Å². The highest BCUT2D eigenvalue weighted by Gasteiger charge is 2.37. The summed E-state index contributed by atoms with van der Waals surface area (Å²) in [4.78, 5) is 0. The van der Waals surface area contributed by atoms with Gasteiger partial charge in [0.25, 0.3) is 0 Å². The van der Waals surface area contributed by atoms with Crippen molar-refractivity contribution in [2.45, 2.75) is 18.4 Å². The van der Waals surface area contributed by atoms with E-state index in [4.69, 9.17) is 9.47 Å². The van der Waals surface area contributed by atoms with Gasteiger partial charge in [-0.2, -0.15) is 0 Å². The lowest BCUT2D eigenvalue weighted by molar-refractivity contribution is -0.0502. The predicted octanol–water partition coefficient (Wildman–Crippen LogP) is 1.15. The van der Waals surface area contributed by atoms with Crippen molar-refractivity contribution in [3.8, 4) is 5.75 Å². The molecule has 0 saturated carbocycles. The molecule has 2 aliphatic rings. The Morgan fingerprint density at radius 2 is 2.31 bits per heavy atom. The van der Waals surface area contributed by atoms with Crippen LogP contribution in [0.5, 0.6) is 5.75 Å². The lowest BCUT2D eigenvalue weighted by atomic mass is 9.88. The Morgan fingerprint density at radius 1 is 1.44 bits per heavy atom. The molecule has 1 aromatic carbocycles. The van der Waals surface area contributed by atoms with E-state index >= 15 is 0 Å². The molecule has 0 spiro atoms. The smallest absolute Gasteiger partial charge is 0.122 e. The van der Waals surface area contributed by atoms with Crippen LogP contribution in [0.4, 0.5) is 0 Å². The van der Waals surface area contributed by atoms with Crippen LogP contribution in [-0.4, -0.2) is 32.4 Å². The van der Waals surface area contributed by atoms with E-state index in [0.29, 0.717) is 0 Å². The monoisotopic (exact) mass is 219 g/mol. The average Bonchev–Trinajstić information content (AvgIpc) is 2.70. The predicted molar refractivity (Wildman–Crippen MR) is 62.0 cm³/mol. The Kier molecular flexibility index (Phi) is 2.37. The normalized spacial score (nSPS) is 21.1. The van der Waals surface area contributed by atoms with Crippen LogP contribution < -0.4 is 10.1 Å². The molecule has 0 unspecified atom stereocenters. The molecule has 1 fully saturated rings. The van der Waals surface area contributed by atoms with Crippen LogP contribution in [0.15, 0.2) is 18.2 Å². The fourth-order valence-electron chi connectivity index (χ4n) is 2.47. The van der Waals surface area contributed by atoms with Gasteiger partial charge in [0.2, 0.25) is 0 Å². The van der Waals surface area contributed by atoms with Gasteiger partial charge in [-0.3, -0.25) is 0 Å². The number of hydrogen-bond acceptors (Lipinski definition) is 3. The van der Waals surface area contributed by atoms with Gasteiger partial charge in [0.15, 0.2) is 0 Å². The standard InChI is InChI=1S/C13H17NO2/c1-15-13(8-14-9-13)7-10-2-3-12-11(6-10)4-5-16-12/h2-3,6,14H,4-5,7-9H2,1H3. The molecule has 2 aliphatic heterocycles. The molecule has 16 heavy (non-hydrogen) atoms. The molecular formula is C13H17NO2. The van der Waals surface area contributed by atoms with Gasteiger partial charge in [0.05, 0.1) is 12.2 Å². The molecule has 86 valence electrons. The maximum atomic E-state index is 5.60. The van der Waals surface area contributed by atoms with Crippen molar-refractivity contribution >= 4 is 0 Å². The summed E-state index contributed by atoms with van der Waals surface area (Å²) in [7, 11) is 1.80. The number of fused-ring (bicyclic) bond motifs is 1. The summed E-state index contributed by atoms with van der Waals surface area (Å²) in [5.41, 5.74) is 2.72. The fraction of sp³-hybridized carbons (Fsp3) is 0.538. The van der Waals surface area contributed by atoms with Gasteiger partial charge < -0.3 is 14.8 Å². The Morgan fingerprint density at radius 3 is 3.00 bits per heavy atom. The fourth-order valence-corrected chi connectivity index (χ4v) is 2.47. The van der Waals surface area contributed by atoms with Crippen molar-refractivity contribution in [1.82, 2.24) is 5.32 Å². The van der Waals surface area contributed by atoms with Crippen molar-refractivity contribution in [3.63, 3.8) is 0 Å². The molecule has 3 rings (SSSR count). The summed E-state index contributed by atoms with van der Waals surface area (Å²) in [5, 5.41) is 3.28. The second kappa shape index (κ2) is 3.75. The van der Waals surface area contributed by atoms with E-state index in [1.165, 1.54) is 11.1 Å². The third-order valence-electron chi connectivity index (χ3n) is 3.61. The maximum Gasteiger partial charge on any atom is 0.122 e. The maximum absolute atomic E-state index is 5.60. The largest absolute Gasteiger partial charge is 0.493 e. The van der Waals surface area contributed by atoms with Crippen LogP contribution in [0.2, 0.25) is 0 Å². The number of benzene rings is 1. The van der Waals surface area contributed by atoms with Gasteiger partial charge in [-0.15, -0.1) is 0 Å². The molecule has 0 radical (unpaired) electrons. The third kappa shape index (κ3) is 1.60. The quantitative estimate of drug-likeness (QED) is 0.827. The van der Waals surface area contributed by atoms with E-state index in [0.717, 1.165) is 38.3 Å². The summed E-state index contributed by atoms with van der Waals surface area (Å²) in [5.74, 6) is 1.06. The minimum Gasteiger partial charge on any atom is -0.493 e. The highest BCUT2D eigenvalue weighted by molar-refractivity contribution is 5.40. The van der Waals surface area contributed by atoms with Crippen molar-refractivity contribution < 1.29 is 9.47 Å². The second-order valence-electron chi connectivity index (χ2n) is 4.71. The molecule has 1 N–H and O–H groups in total. The highest BCUT2D eigenvalue weighted by Crippen LogP contribution is 2.29. The minimum atomic E-state index is 0.0215. The number of methoxy groups -OCH3 is 1. The van der Waals surface area contributed by atoms with Gasteiger partial charge in [-0.25, -0.2) is 0 Å². The number of ether oxygens (including phenoxy) is 2. The van der Waals surface area contributed by atoms with Gasteiger partial charge >= 0.3 is 0 Å². The average molecular weight is 219 g/mol. The lowest BCUT2D eigenvalue weighted by Crippen LogP contribution is -2.61. The summed E-state index contributed by atoms with van der Waals surface area (Å²) in [6, 6.07) is 6.51.